The van der Waals surface area contributed by atoms with Crippen molar-refractivity contribution >= 4 is 17.4 Å². The molecule has 15 heavy (non-hydrogen) atoms. The zero-order valence-corrected chi connectivity index (χ0v) is 9.74. The number of aryl methyl sites for hydroxylation is 1. The van der Waals surface area contributed by atoms with E-state index in [-0.39, 0.29) is 0 Å². The second kappa shape index (κ2) is 4.79. The summed E-state index contributed by atoms with van der Waals surface area (Å²) in [5.41, 5.74) is 1.10. The van der Waals surface area contributed by atoms with Gasteiger partial charge in [0.1, 0.15) is 12.1 Å². The van der Waals surface area contributed by atoms with Crippen molar-refractivity contribution in [3.05, 3.63) is 18.1 Å². The second-order valence-electron chi connectivity index (χ2n) is 3.83. The molecule has 1 saturated carbocycles. The molecule has 0 atom stereocenters. The summed E-state index contributed by atoms with van der Waals surface area (Å²) in [5, 5.41) is 0. The lowest BCUT2D eigenvalue weighted by molar-refractivity contribution is 0.803. The highest BCUT2D eigenvalue weighted by Crippen LogP contribution is 2.30. The fourth-order valence-corrected chi connectivity index (χ4v) is 1.88. The van der Waals surface area contributed by atoms with Crippen LogP contribution in [0.15, 0.2) is 12.4 Å². The highest BCUT2D eigenvalue weighted by molar-refractivity contribution is 6.18. The Bertz CT molecular complexity index is 325. The van der Waals surface area contributed by atoms with Gasteiger partial charge in [0, 0.05) is 30.2 Å². The second-order valence-corrected chi connectivity index (χ2v) is 4.21. The van der Waals surface area contributed by atoms with Crippen LogP contribution < -0.4 is 4.90 Å². The van der Waals surface area contributed by atoms with Gasteiger partial charge in [0.15, 0.2) is 0 Å². The molecule has 1 aliphatic rings. The van der Waals surface area contributed by atoms with Crippen LogP contribution in [-0.4, -0.2) is 28.4 Å². The number of halogens is 1. The van der Waals surface area contributed by atoms with Crippen LogP contribution in [0, 0.1) is 0 Å². The van der Waals surface area contributed by atoms with Gasteiger partial charge in [-0.1, -0.05) is 6.92 Å². The molecule has 0 bridgehead atoms. The molecule has 4 heteroatoms. The van der Waals surface area contributed by atoms with E-state index < -0.39 is 0 Å². The molecule has 3 nitrogen and oxygen atoms in total. The first-order valence-electron chi connectivity index (χ1n) is 5.48. The summed E-state index contributed by atoms with van der Waals surface area (Å²) in [6.07, 6.45) is 5.14. The molecule has 2 rings (SSSR count). The van der Waals surface area contributed by atoms with Gasteiger partial charge in [-0.05, 0) is 19.3 Å². The summed E-state index contributed by atoms with van der Waals surface area (Å²) >= 11 is 5.81. The molecular formula is C11H16ClN3. The molecule has 0 radical (unpaired) electrons. The average molecular weight is 226 g/mol. The number of anilines is 1. The first kappa shape index (κ1) is 10.7. The zero-order chi connectivity index (χ0) is 10.7. The highest BCUT2D eigenvalue weighted by atomic mass is 35.5. The van der Waals surface area contributed by atoms with Gasteiger partial charge in [0.2, 0.25) is 0 Å². The van der Waals surface area contributed by atoms with E-state index in [1.807, 2.05) is 0 Å². The minimum Gasteiger partial charge on any atom is -0.352 e. The van der Waals surface area contributed by atoms with E-state index in [0.717, 1.165) is 24.5 Å². The standard InChI is InChI=1S/C11H16ClN3/c1-2-9-7-11(14-8-13-9)15(6-5-12)10-3-4-10/h7-8,10H,2-6H2,1H3. The van der Waals surface area contributed by atoms with Crippen molar-refractivity contribution in [3.63, 3.8) is 0 Å². The van der Waals surface area contributed by atoms with Gasteiger partial charge in [0.05, 0.1) is 0 Å². The topological polar surface area (TPSA) is 29.0 Å². The van der Waals surface area contributed by atoms with E-state index in [4.69, 9.17) is 11.6 Å². The minimum atomic E-state index is 0.655. The Balaban J connectivity index is 2.16. The third-order valence-corrected chi connectivity index (χ3v) is 2.85. The Hall–Kier alpha value is -0.830. The number of rotatable bonds is 5. The van der Waals surface area contributed by atoms with E-state index in [9.17, 15) is 0 Å². The fourth-order valence-electron chi connectivity index (χ4n) is 1.70. The number of aromatic nitrogens is 2. The number of hydrogen-bond donors (Lipinski definition) is 0. The summed E-state index contributed by atoms with van der Waals surface area (Å²) in [6, 6.07) is 2.73. The van der Waals surface area contributed by atoms with Gasteiger partial charge < -0.3 is 4.90 Å². The van der Waals surface area contributed by atoms with Crippen LogP contribution in [0.3, 0.4) is 0 Å². The van der Waals surface area contributed by atoms with Gasteiger partial charge in [-0.2, -0.15) is 0 Å². The van der Waals surface area contributed by atoms with Crippen molar-refractivity contribution in [3.8, 4) is 0 Å². The molecule has 0 unspecified atom stereocenters. The third kappa shape index (κ3) is 2.59. The normalized spacial score (nSPS) is 15.3. The lowest BCUT2D eigenvalue weighted by Gasteiger charge is -2.22. The molecule has 0 spiro atoms. The van der Waals surface area contributed by atoms with Crippen LogP contribution in [0.5, 0.6) is 0 Å². The third-order valence-electron chi connectivity index (χ3n) is 2.68. The summed E-state index contributed by atoms with van der Waals surface area (Å²) in [6.45, 7) is 2.99. The predicted octanol–water partition coefficient (Wildman–Crippen LogP) is 2.25. The molecular weight excluding hydrogens is 210 g/mol. The van der Waals surface area contributed by atoms with Gasteiger partial charge in [-0.15, -0.1) is 11.6 Å². The highest BCUT2D eigenvalue weighted by Gasteiger charge is 2.29. The zero-order valence-electron chi connectivity index (χ0n) is 8.99. The lowest BCUT2D eigenvalue weighted by atomic mass is 10.3. The van der Waals surface area contributed by atoms with E-state index in [1.165, 1.54) is 12.8 Å². The Morgan fingerprint density at radius 2 is 2.27 bits per heavy atom. The predicted molar refractivity (Wildman–Crippen MR) is 62.5 cm³/mol. The first-order chi connectivity index (χ1) is 7.35. The number of hydrogen-bond acceptors (Lipinski definition) is 3. The van der Waals surface area contributed by atoms with Crippen molar-refractivity contribution in [2.75, 3.05) is 17.3 Å². The molecule has 0 aliphatic heterocycles. The molecule has 0 aromatic carbocycles. The van der Waals surface area contributed by atoms with Crippen molar-refractivity contribution in [1.29, 1.82) is 0 Å². The van der Waals surface area contributed by atoms with E-state index in [0.29, 0.717) is 11.9 Å². The molecule has 1 aromatic rings. The van der Waals surface area contributed by atoms with Gasteiger partial charge in [-0.3, -0.25) is 0 Å². The smallest absolute Gasteiger partial charge is 0.132 e. The van der Waals surface area contributed by atoms with Crippen LogP contribution in [0.1, 0.15) is 25.5 Å². The van der Waals surface area contributed by atoms with Gasteiger partial charge >= 0.3 is 0 Å². The van der Waals surface area contributed by atoms with E-state index in [1.54, 1.807) is 6.33 Å². The van der Waals surface area contributed by atoms with Crippen LogP contribution in [0.2, 0.25) is 0 Å². The monoisotopic (exact) mass is 225 g/mol. The summed E-state index contributed by atoms with van der Waals surface area (Å²) in [7, 11) is 0. The van der Waals surface area contributed by atoms with Crippen LogP contribution in [-0.2, 0) is 6.42 Å². The Kier molecular flexibility index (Phi) is 3.41. The first-order valence-corrected chi connectivity index (χ1v) is 6.02. The number of alkyl halides is 1. The largest absolute Gasteiger partial charge is 0.352 e. The maximum Gasteiger partial charge on any atom is 0.132 e. The summed E-state index contributed by atoms with van der Waals surface area (Å²) in [4.78, 5) is 10.8. The minimum absolute atomic E-state index is 0.655. The molecule has 0 N–H and O–H groups in total. The Labute approximate surface area is 95.5 Å². The number of nitrogens with zero attached hydrogens (tertiary/aromatic N) is 3. The summed E-state index contributed by atoms with van der Waals surface area (Å²) < 4.78 is 0. The fraction of sp³-hybridized carbons (Fsp3) is 0.636. The molecule has 1 aliphatic carbocycles. The van der Waals surface area contributed by atoms with Crippen molar-refractivity contribution < 1.29 is 0 Å². The van der Waals surface area contributed by atoms with Crippen LogP contribution in [0.25, 0.3) is 0 Å². The van der Waals surface area contributed by atoms with Gasteiger partial charge in [-0.25, -0.2) is 9.97 Å². The molecule has 0 amide bonds. The SMILES string of the molecule is CCc1cc(N(CCCl)C2CC2)ncn1. The molecule has 82 valence electrons. The van der Waals surface area contributed by atoms with Crippen molar-refractivity contribution in [1.82, 2.24) is 9.97 Å². The quantitative estimate of drug-likeness (QED) is 0.720. The molecule has 1 heterocycles. The Morgan fingerprint density at radius 3 is 2.87 bits per heavy atom. The lowest BCUT2D eigenvalue weighted by Crippen LogP contribution is -2.28. The van der Waals surface area contributed by atoms with Crippen LogP contribution >= 0.6 is 11.6 Å². The van der Waals surface area contributed by atoms with Gasteiger partial charge in [0.25, 0.3) is 0 Å². The Morgan fingerprint density at radius 1 is 1.47 bits per heavy atom. The molecule has 0 saturated heterocycles. The van der Waals surface area contributed by atoms with E-state index in [2.05, 4.69) is 27.9 Å². The van der Waals surface area contributed by atoms with E-state index >= 15 is 0 Å². The molecule has 1 fully saturated rings. The average Bonchev–Trinajstić information content (AvgIpc) is 3.10. The maximum absolute atomic E-state index is 5.81. The van der Waals surface area contributed by atoms with Crippen LogP contribution in [0.4, 0.5) is 5.82 Å². The maximum atomic E-state index is 5.81. The summed E-state index contributed by atoms with van der Waals surface area (Å²) in [5.74, 6) is 1.69. The molecule has 1 aromatic heterocycles. The van der Waals surface area contributed by atoms with Crippen molar-refractivity contribution in [2.45, 2.75) is 32.2 Å². The van der Waals surface area contributed by atoms with Crippen molar-refractivity contribution in [2.24, 2.45) is 0 Å².